The first-order valence-corrected chi connectivity index (χ1v) is 11.4. The number of carbonyl (C=O) groups excluding carboxylic acids is 1. The number of aromatic nitrogens is 2. The molecule has 0 spiro atoms. The number of anilines is 2. The molecule has 3 aromatic rings. The number of carbonyl (C=O) groups is 1. The highest BCUT2D eigenvalue weighted by Crippen LogP contribution is 2.46. The quantitative estimate of drug-likeness (QED) is 0.431. The summed E-state index contributed by atoms with van der Waals surface area (Å²) in [6.45, 7) is 6.71. The van der Waals surface area contributed by atoms with Crippen molar-refractivity contribution in [2.24, 2.45) is 17.1 Å². The third-order valence-corrected chi connectivity index (χ3v) is 6.35. The molecule has 2 aromatic carbocycles. The molecule has 0 bridgehead atoms. The van der Waals surface area contributed by atoms with E-state index in [9.17, 15) is 18.0 Å². The maximum atomic E-state index is 12.5. The minimum atomic E-state index is -4.76. The Balaban J connectivity index is 1.79. The number of rotatable bonds is 6. The molecule has 3 N–H and O–H groups in total. The van der Waals surface area contributed by atoms with Crippen LogP contribution in [0, 0.1) is 11.3 Å². The van der Waals surface area contributed by atoms with E-state index in [0.29, 0.717) is 28.8 Å². The number of nitrogens with one attached hydrogen (secondary N) is 1. The Kier molecular flexibility index (Phi) is 6.33. The van der Waals surface area contributed by atoms with E-state index in [4.69, 9.17) is 15.5 Å². The number of methoxy groups -OCH3 is 1. The largest absolute Gasteiger partial charge is 0.573 e. The van der Waals surface area contributed by atoms with Crippen molar-refractivity contribution in [3.63, 3.8) is 0 Å². The fourth-order valence-electron chi connectivity index (χ4n) is 5.30. The molecule has 1 heterocycles. The first kappa shape index (κ1) is 24.7. The minimum Gasteiger partial charge on any atom is -0.496 e. The summed E-state index contributed by atoms with van der Waals surface area (Å²) in [5.41, 5.74) is 7.77. The summed E-state index contributed by atoms with van der Waals surface area (Å²) in [6, 6.07) is 8.95. The maximum Gasteiger partial charge on any atom is 0.573 e. The number of hydrogen-bond donors (Lipinski definition) is 2. The van der Waals surface area contributed by atoms with Crippen LogP contribution >= 0.6 is 0 Å². The Morgan fingerprint density at radius 2 is 1.89 bits per heavy atom. The maximum absolute atomic E-state index is 12.5. The van der Waals surface area contributed by atoms with Crippen LogP contribution in [0.1, 0.15) is 56.4 Å². The van der Waals surface area contributed by atoms with Crippen LogP contribution in [0.4, 0.5) is 24.8 Å². The fourth-order valence-corrected chi connectivity index (χ4v) is 5.30. The number of ether oxygens (including phenoxy) is 2. The van der Waals surface area contributed by atoms with E-state index in [1.54, 1.807) is 12.1 Å². The van der Waals surface area contributed by atoms with Crippen LogP contribution in [0.3, 0.4) is 0 Å². The lowest BCUT2D eigenvalue weighted by Crippen LogP contribution is -2.29. The van der Waals surface area contributed by atoms with Crippen LogP contribution in [0.15, 0.2) is 36.4 Å². The highest BCUT2D eigenvalue weighted by atomic mass is 19.4. The molecule has 0 unspecified atom stereocenters. The number of fused-ring (bicyclic) bond motifs is 1. The summed E-state index contributed by atoms with van der Waals surface area (Å²) in [7, 11) is 1.48. The number of nitrogens with two attached hydrogens (primary N) is 1. The van der Waals surface area contributed by atoms with Gasteiger partial charge >= 0.3 is 6.36 Å². The zero-order chi connectivity index (χ0) is 25.5. The summed E-state index contributed by atoms with van der Waals surface area (Å²) < 4.78 is 49.0. The van der Waals surface area contributed by atoms with Gasteiger partial charge in [0.05, 0.1) is 23.7 Å². The number of primary amides is 1. The molecule has 1 amide bonds. The van der Waals surface area contributed by atoms with Gasteiger partial charge in [-0.3, -0.25) is 4.79 Å². The topological polar surface area (TPSA) is 91.4 Å². The van der Waals surface area contributed by atoms with E-state index in [-0.39, 0.29) is 22.8 Å². The molecule has 4 rings (SSSR count). The molecule has 2 atom stereocenters. The highest BCUT2D eigenvalue weighted by Gasteiger charge is 2.35. The SMILES string of the molecule is COc1cc2c(cc1C(N)=O)nc(Nc1ccc(OC(F)(F)F)cc1)n2[C@@H]1C[C@H](C)CC(C)(C)C1. The van der Waals surface area contributed by atoms with Crippen molar-refractivity contribution in [1.82, 2.24) is 9.55 Å². The van der Waals surface area contributed by atoms with Crippen molar-refractivity contribution >= 4 is 28.6 Å². The molecule has 0 saturated heterocycles. The van der Waals surface area contributed by atoms with Gasteiger partial charge in [-0.15, -0.1) is 13.2 Å². The molecule has 1 aliphatic carbocycles. The second-order valence-electron chi connectivity index (χ2n) is 9.98. The number of nitrogens with zero attached hydrogens (tertiary/aromatic N) is 2. The van der Waals surface area contributed by atoms with Crippen LogP contribution in [0.2, 0.25) is 0 Å². The predicted octanol–water partition coefficient (Wildman–Crippen LogP) is 6.17. The van der Waals surface area contributed by atoms with Crippen LogP contribution in [-0.4, -0.2) is 28.9 Å². The smallest absolute Gasteiger partial charge is 0.496 e. The van der Waals surface area contributed by atoms with Gasteiger partial charge in [0, 0.05) is 17.8 Å². The Morgan fingerprint density at radius 3 is 2.46 bits per heavy atom. The standard InChI is InChI=1S/C25H29F3N4O3/c1-14-9-16(13-24(2,3)12-14)32-20-11-21(34-4)18(22(29)33)10-19(20)31-23(32)30-15-5-7-17(8-6-15)35-25(26,27)28/h5-8,10-11,14,16H,9,12-13H2,1-4H3,(H2,29,33)(H,30,31)/t14-,16+/m0/s1. The average molecular weight is 491 g/mol. The third kappa shape index (κ3) is 5.47. The van der Waals surface area contributed by atoms with Gasteiger partial charge in [-0.05, 0) is 60.9 Å². The lowest BCUT2D eigenvalue weighted by Gasteiger charge is -2.40. The molecule has 188 valence electrons. The second-order valence-corrected chi connectivity index (χ2v) is 9.98. The van der Waals surface area contributed by atoms with E-state index < -0.39 is 12.3 Å². The van der Waals surface area contributed by atoms with Gasteiger partial charge in [0.2, 0.25) is 5.95 Å². The summed E-state index contributed by atoms with van der Waals surface area (Å²) in [6.07, 6.45) is -1.81. The molecule has 1 aromatic heterocycles. The first-order chi connectivity index (χ1) is 16.3. The molecule has 1 fully saturated rings. The Morgan fingerprint density at radius 1 is 1.20 bits per heavy atom. The van der Waals surface area contributed by atoms with Gasteiger partial charge in [0.15, 0.2) is 0 Å². The Hall–Kier alpha value is -3.43. The Bertz CT molecular complexity index is 1240. The van der Waals surface area contributed by atoms with Crippen molar-refractivity contribution in [3.05, 3.63) is 42.0 Å². The van der Waals surface area contributed by atoms with Crippen LogP contribution in [0.5, 0.6) is 11.5 Å². The van der Waals surface area contributed by atoms with E-state index in [1.165, 1.54) is 31.4 Å². The third-order valence-electron chi connectivity index (χ3n) is 6.35. The van der Waals surface area contributed by atoms with Gasteiger partial charge in [0.25, 0.3) is 5.91 Å². The number of benzene rings is 2. The lowest BCUT2D eigenvalue weighted by molar-refractivity contribution is -0.274. The van der Waals surface area contributed by atoms with Gasteiger partial charge in [-0.25, -0.2) is 4.98 Å². The normalized spacial score (nSPS) is 20.0. The molecule has 35 heavy (non-hydrogen) atoms. The van der Waals surface area contributed by atoms with Crippen LogP contribution < -0.4 is 20.5 Å². The number of amides is 1. The second kappa shape index (κ2) is 8.98. The van der Waals surface area contributed by atoms with Gasteiger partial charge in [-0.2, -0.15) is 0 Å². The predicted molar refractivity (Wildman–Crippen MR) is 127 cm³/mol. The molecule has 1 aliphatic rings. The molecule has 10 heteroatoms. The molecule has 7 nitrogen and oxygen atoms in total. The van der Waals surface area contributed by atoms with Crippen molar-refractivity contribution < 1.29 is 27.4 Å². The monoisotopic (exact) mass is 490 g/mol. The number of hydrogen-bond acceptors (Lipinski definition) is 5. The van der Waals surface area contributed by atoms with Crippen LogP contribution in [0.25, 0.3) is 11.0 Å². The van der Waals surface area contributed by atoms with E-state index in [0.717, 1.165) is 24.8 Å². The fraction of sp³-hybridized carbons (Fsp3) is 0.440. The molecular formula is C25H29F3N4O3. The first-order valence-electron chi connectivity index (χ1n) is 11.4. The van der Waals surface area contributed by atoms with Gasteiger partial charge < -0.3 is 25.1 Å². The Labute approximate surface area is 201 Å². The molecule has 0 aliphatic heterocycles. The molecule has 1 saturated carbocycles. The summed E-state index contributed by atoms with van der Waals surface area (Å²) in [5.74, 6) is 0.424. The van der Waals surface area contributed by atoms with Gasteiger partial charge in [-0.1, -0.05) is 20.8 Å². The summed E-state index contributed by atoms with van der Waals surface area (Å²) in [4.78, 5) is 16.7. The number of alkyl halides is 3. The van der Waals surface area contributed by atoms with E-state index in [2.05, 4.69) is 35.4 Å². The number of imidazole rings is 1. The van der Waals surface area contributed by atoms with Crippen LogP contribution in [-0.2, 0) is 0 Å². The van der Waals surface area contributed by atoms with Crippen molar-refractivity contribution in [2.45, 2.75) is 52.4 Å². The van der Waals surface area contributed by atoms with Crippen molar-refractivity contribution in [1.29, 1.82) is 0 Å². The van der Waals surface area contributed by atoms with Crippen molar-refractivity contribution in [3.8, 4) is 11.5 Å². The highest BCUT2D eigenvalue weighted by molar-refractivity contribution is 6.00. The van der Waals surface area contributed by atoms with E-state index >= 15 is 0 Å². The lowest BCUT2D eigenvalue weighted by atomic mass is 9.70. The average Bonchev–Trinajstić information content (AvgIpc) is 3.08. The molecular weight excluding hydrogens is 461 g/mol. The summed E-state index contributed by atoms with van der Waals surface area (Å²) >= 11 is 0. The minimum absolute atomic E-state index is 0.109. The van der Waals surface area contributed by atoms with E-state index in [1.807, 2.05) is 0 Å². The van der Waals surface area contributed by atoms with Crippen molar-refractivity contribution in [2.75, 3.05) is 12.4 Å². The zero-order valence-electron chi connectivity index (χ0n) is 20.1. The zero-order valence-corrected chi connectivity index (χ0v) is 20.1. The molecule has 0 radical (unpaired) electrons. The van der Waals surface area contributed by atoms with Gasteiger partial charge in [0.1, 0.15) is 11.5 Å². The summed E-state index contributed by atoms with van der Waals surface area (Å²) in [5, 5.41) is 3.24. The number of halogens is 3.